The van der Waals surface area contributed by atoms with Crippen molar-refractivity contribution in [2.45, 2.75) is 83.7 Å². The Morgan fingerprint density at radius 2 is 1.82 bits per heavy atom. The lowest BCUT2D eigenvalue weighted by Gasteiger charge is -2.23. The Morgan fingerprint density at radius 3 is 2.53 bits per heavy atom. The molecular formula is C15H32N2. The molecule has 2 heteroatoms. The monoisotopic (exact) mass is 240 g/mol. The van der Waals surface area contributed by atoms with Crippen molar-refractivity contribution in [3.05, 3.63) is 0 Å². The molecule has 1 unspecified atom stereocenters. The first-order chi connectivity index (χ1) is 8.33. The van der Waals surface area contributed by atoms with Crippen LogP contribution in [0.5, 0.6) is 0 Å². The highest BCUT2D eigenvalue weighted by Gasteiger charge is 2.11. The number of hydrogen-bond acceptors (Lipinski definition) is 2. The van der Waals surface area contributed by atoms with Crippen molar-refractivity contribution in [1.29, 1.82) is 0 Å². The van der Waals surface area contributed by atoms with Crippen LogP contribution < -0.4 is 10.6 Å². The lowest BCUT2D eigenvalue weighted by molar-refractivity contribution is 0.367. The first-order valence-corrected chi connectivity index (χ1v) is 7.79. The van der Waals surface area contributed by atoms with Crippen molar-refractivity contribution in [1.82, 2.24) is 10.6 Å². The molecule has 0 saturated heterocycles. The maximum absolute atomic E-state index is 3.68. The van der Waals surface area contributed by atoms with Crippen molar-refractivity contribution in [3.63, 3.8) is 0 Å². The topological polar surface area (TPSA) is 24.1 Å². The van der Waals surface area contributed by atoms with Gasteiger partial charge in [-0.05, 0) is 26.2 Å². The van der Waals surface area contributed by atoms with Gasteiger partial charge in [-0.2, -0.15) is 0 Å². The standard InChI is InChI=1S/C15H32N2/c1-3-4-6-9-14(2)16-12-13-17-15-10-7-5-8-11-15/h14-17H,3-13H2,1-2H3. The maximum Gasteiger partial charge on any atom is 0.00794 e. The quantitative estimate of drug-likeness (QED) is 0.603. The molecule has 0 heterocycles. The van der Waals surface area contributed by atoms with E-state index < -0.39 is 0 Å². The molecule has 2 nitrogen and oxygen atoms in total. The summed E-state index contributed by atoms with van der Waals surface area (Å²) in [6, 6.07) is 1.50. The van der Waals surface area contributed by atoms with E-state index in [-0.39, 0.29) is 0 Å². The van der Waals surface area contributed by atoms with Gasteiger partial charge in [-0.1, -0.05) is 45.4 Å². The third-order valence-electron chi connectivity index (χ3n) is 3.90. The van der Waals surface area contributed by atoms with Crippen LogP contribution in [0.4, 0.5) is 0 Å². The van der Waals surface area contributed by atoms with Crippen LogP contribution in [0.2, 0.25) is 0 Å². The zero-order chi connectivity index (χ0) is 12.3. The van der Waals surface area contributed by atoms with Gasteiger partial charge in [0.15, 0.2) is 0 Å². The van der Waals surface area contributed by atoms with Gasteiger partial charge in [0.1, 0.15) is 0 Å². The van der Waals surface area contributed by atoms with E-state index in [1.165, 1.54) is 57.8 Å². The van der Waals surface area contributed by atoms with Crippen LogP contribution in [0.3, 0.4) is 0 Å². The highest BCUT2D eigenvalue weighted by atomic mass is 15.0. The molecule has 1 aliphatic carbocycles. The van der Waals surface area contributed by atoms with E-state index in [2.05, 4.69) is 24.5 Å². The van der Waals surface area contributed by atoms with E-state index in [0.717, 1.165) is 19.1 Å². The molecule has 0 aliphatic heterocycles. The minimum absolute atomic E-state index is 0.690. The van der Waals surface area contributed by atoms with Crippen molar-refractivity contribution < 1.29 is 0 Å². The van der Waals surface area contributed by atoms with Gasteiger partial charge < -0.3 is 10.6 Å². The molecule has 0 spiro atoms. The number of hydrogen-bond donors (Lipinski definition) is 2. The van der Waals surface area contributed by atoms with Gasteiger partial charge in [0.05, 0.1) is 0 Å². The molecule has 1 atom stereocenters. The molecule has 102 valence electrons. The predicted octanol–water partition coefficient (Wildman–Crippen LogP) is 3.47. The van der Waals surface area contributed by atoms with Gasteiger partial charge in [-0.3, -0.25) is 0 Å². The van der Waals surface area contributed by atoms with Crippen LogP contribution in [0.15, 0.2) is 0 Å². The fourth-order valence-electron chi connectivity index (χ4n) is 2.70. The molecular weight excluding hydrogens is 208 g/mol. The van der Waals surface area contributed by atoms with Crippen LogP contribution in [0, 0.1) is 0 Å². The third-order valence-corrected chi connectivity index (χ3v) is 3.90. The van der Waals surface area contributed by atoms with Crippen LogP contribution in [0.25, 0.3) is 0 Å². The maximum atomic E-state index is 3.68. The molecule has 0 aromatic carbocycles. The number of rotatable bonds is 9. The van der Waals surface area contributed by atoms with Crippen LogP contribution in [0.1, 0.15) is 71.6 Å². The summed E-state index contributed by atoms with van der Waals surface area (Å²) in [7, 11) is 0. The summed E-state index contributed by atoms with van der Waals surface area (Å²) in [6.07, 6.45) is 12.5. The third kappa shape index (κ3) is 7.77. The second kappa shape index (κ2) is 9.90. The zero-order valence-electron chi connectivity index (χ0n) is 11.9. The van der Waals surface area contributed by atoms with Crippen LogP contribution >= 0.6 is 0 Å². The van der Waals surface area contributed by atoms with Gasteiger partial charge in [0.2, 0.25) is 0 Å². The summed E-state index contributed by atoms with van der Waals surface area (Å²) in [6.45, 7) is 6.86. The van der Waals surface area contributed by atoms with E-state index in [0.29, 0.717) is 6.04 Å². The Labute approximate surface area is 108 Å². The van der Waals surface area contributed by atoms with Crippen molar-refractivity contribution >= 4 is 0 Å². The zero-order valence-corrected chi connectivity index (χ0v) is 11.9. The summed E-state index contributed by atoms with van der Waals surface area (Å²) < 4.78 is 0. The summed E-state index contributed by atoms with van der Waals surface area (Å²) in [4.78, 5) is 0. The largest absolute Gasteiger partial charge is 0.313 e. The molecule has 0 radical (unpaired) electrons. The van der Waals surface area contributed by atoms with Crippen LogP contribution in [-0.4, -0.2) is 25.2 Å². The van der Waals surface area contributed by atoms with E-state index >= 15 is 0 Å². The molecule has 0 aromatic rings. The SMILES string of the molecule is CCCCCC(C)NCCNC1CCCCC1. The first-order valence-electron chi connectivity index (χ1n) is 7.79. The Kier molecular flexibility index (Phi) is 8.72. The molecule has 1 saturated carbocycles. The van der Waals surface area contributed by atoms with Gasteiger partial charge in [-0.25, -0.2) is 0 Å². The van der Waals surface area contributed by atoms with Gasteiger partial charge >= 0.3 is 0 Å². The van der Waals surface area contributed by atoms with Crippen molar-refractivity contribution in [2.24, 2.45) is 0 Å². The molecule has 0 bridgehead atoms. The van der Waals surface area contributed by atoms with E-state index in [1.54, 1.807) is 0 Å². The summed E-state index contributed by atoms with van der Waals surface area (Å²) in [5.41, 5.74) is 0. The van der Waals surface area contributed by atoms with Gasteiger partial charge in [0, 0.05) is 25.2 Å². The van der Waals surface area contributed by atoms with Gasteiger partial charge in [-0.15, -0.1) is 0 Å². The molecule has 1 aliphatic rings. The minimum atomic E-state index is 0.690. The Hall–Kier alpha value is -0.0800. The molecule has 1 rings (SSSR count). The molecule has 1 fully saturated rings. The number of nitrogens with one attached hydrogen (secondary N) is 2. The molecule has 0 amide bonds. The smallest absolute Gasteiger partial charge is 0.00794 e. The van der Waals surface area contributed by atoms with Crippen LogP contribution in [-0.2, 0) is 0 Å². The minimum Gasteiger partial charge on any atom is -0.313 e. The highest BCUT2D eigenvalue weighted by molar-refractivity contribution is 4.72. The second-order valence-electron chi connectivity index (χ2n) is 5.64. The Bertz CT molecular complexity index is 164. The van der Waals surface area contributed by atoms with Gasteiger partial charge in [0.25, 0.3) is 0 Å². The Morgan fingerprint density at radius 1 is 1.06 bits per heavy atom. The van der Waals surface area contributed by atoms with E-state index in [4.69, 9.17) is 0 Å². The number of unbranched alkanes of at least 4 members (excludes halogenated alkanes) is 2. The average molecular weight is 240 g/mol. The predicted molar refractivity (Wildman–Crippen MR) is 76.5 cm³/mol. The normalized spacial score (nSPS) is 19.4. The fraction of sp³-hybridized carbons (Fsp3) is 1.00. The Balaban J connectivity index is 1.88. The van der Waals surface area contributed by atoms with E-state index in [1.807, 2.05) is 0 Å². The first kappa shape index (κ1) is 15.0. The molecule has 17 heavy (non-hydrogen) atoms. The van der Waals surface area contributed by atoms with Crippen molar-refractivity contribution in [3.8, 4) is 0 Å². The molecule has 2 N–H and O–H groups in total. The summed E-state index contributed by atoms with van der Waals surface area (Å²) in [5, 5.41) is 7.30. The van der Waals surface area contributed by atoms with E-state index in [9.17, 15) is 0 Å². The lowest BCUT2D eigenvalue weighted by Crippen LogP contribution is -2.38. The average Bonchev–Trinajstić information content (AvgIpc) is 2.36. The summed E-state index contributed by atoms with van der Waals surface area (Å²) in [5.74, 6) is 0. The highest BCUT2D eigenvalue weighted by Crippen LogP contribution is 2.16. The lowest BCUT2D eigenvalue weighted by atomic mass is 9.95. The molecule has 0 aromatic heterocycles. The summed E-state index contributed by atoms with van der Waals surface area (Å²) >= 11 is 0. The van der Waals surface area contributed by atoms with Crippen molar-refractivity contribution in [2.75, 3.05) is 13.1 Å². The fourth-order valence-corrected chi connectivity index (χ4v) is 2.70. The second-order valence-corrected chi connectivity index (χ2v) is 5.64.